The second-order valence-corrected chi connectivity index (χ2v) is 10.5. The highest BCUT2D eigenvalue weighted by Crippen LogP contribution is 2.34. The SMILES string of the molecule is CCOc1cccc2cc(-c3csc(NC(=O)c4ccc(S(=O)(=O)N5CCOCC5)cc4)n3)oc12. The molecule has 1 saturated heterocycles. The number of sulfonamides is 1. The first-order valence-corrected chi connectivity index (χ1v) is 13.4. The first-order valence-electron chi connectivity index (χ1n) is 11.1. The van der Waals surface area contributed by atoms with Gasteiger partial charge < -0.3 is 13.9 Å². The lowest BCUT2D eigenvalue weighted by molar-refractivity contribution is 0.0730. The summed E-state index contributed by atoms with van der Waals surface area (Å²) in [5, 5.41) is 5.86. The Morgan fingerprint density at radius 3 is 2.69 bits per heavy atom. The summed E-state index contributed by atoms with van der Waals surface area (Å²) in [7, 11) is -3.62. The van der Waals surface area contributed by atoms with Crippen LogP contribution in [0.2, 0.25) is 0 Å². The van der Waals surface area contributed by atoms with Gasteiger partial charge in [0.15, 0.2) is 22.2 Å². The number of morpholine rings is 1. The van der Waals surface area contributed by atoms with E-state index in [9.17, 15) is 13.2 Å². The van der Waals surface area contributed by atoms with E-state index >= 15 is 0 Å². The largest absolute Gasteiger partial charge is 0.490 e. The fraction of sp³-hybridized carbons (Fsp3) is 0.250. The number of carbonyl (C=O) groups excluding carboxylic acids is 1. The smallest absolute Gasteiger partial charge is 0.257 e. The second kappa shape index (κ2) is 9.78. The number of rotatable bonds is 7. The molecule has 1 aliphatic heterocycles. The molecule has 0 atom stereocenters. The second-order valence-electron chi connectivity index (χ2n) is 7.75. The zero-order valence-corrected chi connectivity index (χ0v) is 20.5. The highest BCUT2D eigenvalue weighted by molar-refractivity contribution is 7.89. The van der Waals surface area contributed by atoms with Crippen molar-refractivity contribution >= 4 is 43.4 Å². The lowest BCUT2D eigenvalue weighted by Crippen LogP contribution is -2.40. The van der Waals surface area contributed by atoms with E-state index in [0.717, 1.165) is 5.39 Å². The Kier molecular flexibility index (Phi) is 6.56. The molecule has 2 aromatic carbocycles. The fourth-order valence-electron chi connectivity index (χ4n) is 3.76. The van der Waals surface area contributed by atoms with Crippen molar-refractivity contribution in [3.8, 4) is 17.2 Å². The number of amides is 1. The van der Waals surface area contributed by atoms with E-state index in [1.165, 1.54) is 39.9 Å². The maximum atomic E-state index is 12.8. The first-order chi connectivity index (χ1) is 17.0. The Balaban J connectivity index is 1.29. The summed E-state index contributed by atoms with van der Waals surface area (Å²) in [5.74, 6) is 0.852. The number of hydrogen-bond acceptors (Lipinski definition) is 8. The van der Waals surface area contributed by atoms with Crippen LogP contribution in [0.25, 0.3) is 22.4 Å². The number of benzene rings is 2. The molecule has 0 bridgehead atoms. The maximum Gasteiger partial charge on any atom is 0.257 e. The molecule has 2 aromatic heterocycles. The summed E-state index contributed by atoms with van der Waals surface area (Å²) in [6.07, 6.45) is 0. The van der Waals surface area contributed by atoms with Crippen LogP contribution in [0.3, 0.4) is 0 Å². The monoisotopic (exact) mass is 513 g/mol. The van der Waals surface area contributed by atoms with Gasteiger partial charge in [0, 0.05) is 29.4 Å². The van der Waals surface area contributed by atoms with Crippen molar-refractivity contribution < 1.29 is 27.1 Å². The number of hydrogen-bond donors (Lipinski definition) is 1. The highest BCUT2D eigenvalue weighted by atomic mass is 32.2. The molecule has 1 aliphatic rings. The molecule has 0 spiro atoms. The van der Waals surface area contributed by atoms with Crippen molar-refractivity contribution in [2.75, 3.05) is 38.2 Å². The van der Waals surface area contributed by atoms with Crippen LogP contribution >= 0.6 is 11.3 Å². The van der Waals surface area contributed by atoms with Crippen LogP contribution < -0.4 is 10.1 Å². The van der Waals surface area contributed by atoms with Crippen LogP contribution in [0.4, 0.5) is 5.13 Å². The maximum absolute atomic E-state index is 12.8. The van der Waals surface area contributed by atoms with E-state index in [0.29, 0.717) is 66.4 Å². The number of aromatic nitrogens is 1. The molecule has 0 saturated carbocycles. The van der Waals surface area contributed by atoms with E-state index in [4.69, 9.17) is 13.9 Å². The molecule has 11 heteroatoms. The standard InChI is InChI=1S/C24H23N3O6S2/c1-2-32-20-5-3-4-17-14-21(33-22(17)20)19-15-34-24(25-19)26-23(28)16-6-8-18(9-7-16)35(29,30)27-10-12-31-13-11-27/h3-9,14-15H,2,10-13H2,1H3,(H,25,26,28). The Labute approximate surface area is 206 Å². The van der Waals surface area contributed by atoms with Gasteiger partial charge in [-0.1, -0.05) is 12.1 Å². The Morgan fingerprint density at radius 1 is 1.17 bits per heavy atom. The van der Waals surface area contributed by atoms with Crippen LogP contribution in [0.1, 0.15) is 17.3 Å². The predicted molar refractivity (Wildman–Crippen MR) is 132 cm³/mol. The van der Waals surface area contributed by atoms with Gasteiger partial charge in [0.25, 0.3) is 5.91 Å². The molecule has 1 amide bonds. The third-order valence-corrected chi connectivity index (χ3v) is 8.18. The number of fused-ring (bicyclic) bond motifs is 1. The van der Waals surface area contributed by atoms with Gasteiger partial charge in [-0.2, -0.15) is 4.31 Å². The van der Waals surface area contributed by atoms with Crippen molar-refractivity contribution in [3.63, 3.8) is 0 Å². The molecular formula is C24H23N3O6S2. The normalized spacial score (nSPS) is 14.8. The Bertz CT molecular complexity index is 1450. The molecule has 5 rings (SSSR count). The van der Waals surface area contributed by atoms with Crippen LogP contribution in [-0.4, -0.2) is 56.5 Å². The highest BCUT2D eigenvalue weighted by Gasteiger charge is 2.26. The van der Waals surface area contributed by atoms with E-state index in [-0.39, 0.29) is 10.8 Å². The third-order valence-electron chi connectivity index (χ3n) is 5.51. The minimum Gasteiger partial charge on any atom is -0.490 e. The lowest BCUT2D eigenvalue weighted by atomic mass is 10.2. The summed E-state index contributed by atoms with van der Waals surface area (Å²) in [4.78, 5) is 17.3. The van der Waals surface area contributed by atoms with E-state index in [2.05, 4.69) is 10.3 Å². The number of ether oxygens (including phenoxy) is 2. The molecule has 0 radical (unpaired) electrons. The summed E-state index contributed by atoms with van der Waals surface area (Å²) in [5.41, 5.74) is 1.57. The lowest BCUT2D eigenvalue weighted by Gasteiger charge is -2.26. The summed E-state index contributed by atoms with van der Waals surface area (Å²) >= 11 is 1.27. The summed E-state index contributed by atoms with van der Waals surface area (Å²) in [6.45, 7) is 3.82. The van der Waals surface area contributed by atoms with Crippen molar-refractivity contribution in [3.05, 3.63) is 59.5 Å². The average Bonchev–Trinajstić information content (AvgIpc) is 3.52. The van der Waals surface area contributed by atoms with Crippen LogP contribution in [0.5, 0.6) is 5.75 Å². The zero-order chi connectivity index (χ0) is 24.4. The Morgan fingerprint density at radius 2 is 1.94 bits per heavy atom. The molecule has 1 N–H and O–H groups in total. The van der Waals surface area contributed by atoms with Gasteiger partial charge in [-0.3, -0.25) is 10.1 Å². The van der Waals surface area contributed by atoms with Gasteiger partial charge in [0.2, 0.25) is 10.0 Å². The number of furan rings is 1. The number of carbonyl (C=O) groups is 1. The zero-order valence-electron chi connectivity index (χ0n) is 18.9. The summed E-state index contributed by atoms with van der Waals surface area (Å²) < 4.78 is 43.7. The average molecular weight is 514 g/mol. The van der Waals surface area contributed by atoms with Gasteiger partial charge in [-0.05, 0) is 43.3 Å². The van der Waals surface area contributed by atoms with Gasteiger partial charge in [-0.25, -0.2) is 13.4 Å². The van der Waals surface area contributed by atoms with Crippen LogP contribution in [0, 0.1) is 0 Å². The van der Waals surface area contributed by atoms with Crippen molar-refractivity contribution in [2.24, 2.45) is 0 Å². The van der Waals surface area contributed by atoms with E-state index in [1.54, 1.807) is 5.38 Å². The minimum absolute atomic E-state index is 0.142. The molecule has 9 nitrogen and oxygen atoms in total. The number of thiazole rings is 1. The molecule has 3 heterocycles. The summed E-state index contributed by atoms with van der Waals surface area (Å²) in [6, 6.07) is 13.4. The molecule has 182 valence electrons. The van der Waals surface area contributed by atoms with Crippen LogP contribution in [-0.2, 0) is 14.8 Å². The van der Waals surface area contributed by atoms with Gasteiger partial charge in [0.05, 0.1) is 24.7 Å². The number of para-hydroxylation sites is 1. The number of nitrogens with one attached hydrogen (secondary N) is 1. The molecule has 0 aliphatic carbocycles. The molecule has 0 unspecified atom stereocenters. The molecule has 4 aromatic rings. The minimum atomic E-state index is -3.62. The number of nitrogens with zero attached hydrogens (tertiary/aromatic N) is 2. The van der Waals surface area contributed by atoms with E-state index < -0.39 is 10.0 Å². The molecule has 1 fully saturated rings. The molecule has 35 heavy (non-hydrogen) atoms. The quantitative estimate of drug-likeness (QED) is 0.394. The van der Waals surface area contributed by atoms with E-state index in [1.807, 2.05) is 31.2 Å². The van der Waals surface area contributed by atoms with Gasteiger partial charge >= 0.3 is 0 Å². The predicted octanol–water partition coefficient (Wildman–Crippen LogP) is 4.23. The van der Waals surface area contributed by atoms with Crippen molar-refractivity contribution in [1.29, 1.82) is 0 Å². The fourth-order valence-corrected chi connectivity index (χ4v) is 5.86. The topological polar surface area (TPSA) is 111 Å². The Hall–Kier alpha value is -3.25. The van der Waals surface area contributed by atoms with Crippen molar-refractivity contribution in [2.45, 2.75) is 11.8 Å². The van der Waals surface area contributed by atoms with Gasteiger partial charge in [-0.15, -0.1) is 11.3 Å². The van der Waals surface area contributed by atoms with Crippen LogP contribution in [0.15, 0.2) is 63.2 Å². The van der Waals surface area contributed by atoms with Gasteiger partial charge in [0.1, 0.15) is 5.69 Å². The third kappa shape index (κ3) is 4.80. The first kappa shape index (κ1) is 23.5. The van der Waals surface area contributed by atoms with Crippen molar-refractivity contribution in [1.82, 2.24) is 9.29 Å². The number of anilines is 1. The molecular weight excluding hydrogens is 490 g/mol.